The molecule has 33 heavy (non-hydrogen) atoms. The molecule has 4 rings (SSSR count). The summed E-state index contributed by atoms with van der Waals surface area (Å²) >= 11 is 0. The number of methoxy groups -OCH3 is 2. The summed E-state index contributed by atoms with van der Waals surface area (Å²) in [6.07, 6.45) is 6.48. The van der Waals surface area contributed by atoms with Crippen LogP contribution in [-0.2, 0) is 13.0 Å². The van der Waals surface area contributed by atoms with E-state index in [1.165, 1.54) is 5.56 Å². The second kappa shape index (κ2) is 10.9. The number of hydrogen-bond acceptors (Lipinski definition) is 5. The van der Waals surface area contributed by atoms with Crippen molar-refractivity contribution in [2.24, 2.45) is 5.92 Å². The maximum Gasteiger partial charge on any atom is 0.257 e. The molecule has 2 heterocycles. The normalized spacial score (nSPS) is 14.1. The van der Waals surface area contributed by atoms with Crippen LogP contribution in [0.25, 0.3) is 0 Å². The summed E-state index contributed by atoms with van der Waals surface area (Å²) in [6.45, 7) is 2.06. The molecular weight excluding hydrogens is 416 g/mol. The van der Waals surface area contributed by atoms with Gasteiger partial charge in [-0.1, -0.05) is 24.3 Å². The topological polar surface area (TPSA) is 60.9 Å². The van der Waals surface area contributed by atoms with Crippen LogP contribution in [0.15, 0.2) is 67.0 Å². The van der Waals surface area contributed by atoms with Crippen LogP contribution >= 0.6 is 0 Å². The third kappa shape index (κ3) is 5.83. The molecule has 0 unspecified atom stereocenters. The Balaban J connectivity index is 1.27. The summed E-state index contributed by atoms with van der Waals surface area (Å²) in [5.41, 5.74) is 3.05. The number of hydrogen-bond donors (Lipinski definition) is 0. The molecule has 6 nitrogen and oxygen atoms in total. The van der Waals surface area contributed by atoms with E-state index in [1.54, 1.807) is 44.8 Å². The number of carbonyl (C=O) groups excluding carboxylic acids is 1. The summed E-state index contributed by atoms with van der Waals surface area (Å²) in [6, 6.07) is 17.7. The molecule has 1 amide bonds. The molecule has 0 bridgehead atoms. The number of ether oxygens (including phenoxy) is 3. The molecule has 0 saturated carbocycles. The minimum atomic E-state index is 0.0199. The Morgan fingerprint density at radius 3 is 2.27 bits per heavy atom. The molecule has 0 N–H and O–H groups in total. The van der Waals surface area contributed by atoms with E-state index in [-0.39, 0.29) is 5.91 Å². The highest BCUT2D eigenvalue weighted by Crippen LogP contribution is 2.28. The van der Waals surface area contributed by atoms with Gasteiger partial charge in [-0.3, -0.25) is 9.78 Å². The molecule has 0 radical (unpaired) electrons. The number of nitrogens with zero attached hydrogens (tertiary/aromatic N) is 2. The molecule has 1 aromatic heterocycles. The maximum absolute atomic E-state index is 13.0. The van der Waals surface area contributed by atoms with Gasteiger partial charge in [0, 0.05) is 31.5 Å². The molecule has 1 fully saturated rings. The van der Waals surface area contributed by atoms with Crippen molar-refractivity contribution in [3.8, 4) is 17.2 Å². The van der Waals surface area contributed by atoms with Crippen LogP contribution in [-0.4, -0.2) is 43.1 Å². The van der Waals surface area contributed by atoms with Crippen LogP contribution in [0.5, 0.6) is 17.2 Å². The third-order valence-corrected chi connectivity index (χ3v) is 6.14. The molecular formula is C27H30N2O4. The van der Waals surface area contributed by atoms with Crippen molar-refractivity contribution >= 4 is 5.91 Å². The lowest BCUT2D eigenvalue weighted by Crippen LogP contribution is -2.39. The summed E-state index contributed by atoms with van der Waals surface area (Å²) < 4.78 is 16.4. The van der Waals surface area contributed by atoms with E-state index < -0.39 is 0 Å². The first kappa shape index (κ1) is 22.6. The molecule has 1 saturated heterocycles. The van der Waals surface area contributed by atoms with Crippen molar-refractivity contribution in [2.75, 3.05) is 27.3 Å². The first-order chi connectivity index (χ1) is 16.2. The Morgan fingerprint density at radius 1 is 0.909 bits per heavy atom. The average Bonchev–Trinajstić information content (AvgIpc) is 2.88. The van der Waals surface area contributed by atoms with E-state index in [4.69, 9.17) is 14.2 Å². The maximum atomic E-state index is 13.0. The van der Waals surface area contributed by atoms with Gasteiger partial charge in [0.15, 0.2) is 0 Å². The molecule has 0 aliphatic carbocycles. The number of aromatic nitrogens is 1. The highest BCUT2D eigenvalue weighted by molar-refractivity contribution is 5.97. The Morgan fingerprint density at radius 2 is 1.61 bits per heavy atom. The second-order valence-electron chi connectivity index (χ2n) is 8.29. The summed E-state index contributed by atoms with van der Waals surface area (Å²) in [5.74, 6) is 2.64. The Labute approximate surface area is 195 Å². The summed E-state index contributed by atoms with van der Waals surface area (Å²) in [7, 11) is 3.18. The zero-order chi connectivity index (χ0) is 23.0. The monoisotopic (exact) mass is 446 g/mol. The summed E-state index contributed by atoms with van der Waals surface area (Å²) in [5, 5.41) is 0. The zero-order valence-corrected chi connectivity index (χ0v) is 19.2. The van der Waals surface area contributed by atoms with Crippen LogP contribution in [0.1, 0.15) is 34.3 Å². The van der Waals surface area contributed by atoms with Gasteiger partial charge in [-0.15, -0.1) is 0 Å². The quantitative estimate of drug-likeness (QED) is 0.499. The van der Waals surface area contributed by atoms with Crippen molar-refractivity contribution in [1.82, 2.24) is 9.88 Å². The fraction of sp³-hybridized carbons (Fsp3) is 0.333. The van der Waals surface area contributed by atoms with Gasteiger partial charge in [0.25, 0.3) is 5.91 Å². The molecule has 6 heteroatoms. The van der Waals surface area contributed by atoms with E-state index in [9.17, 15) is 4.79 Å². The first-order valence-corrected chi connectivity index (χ1v) is 11.3. The first-order valence-electron chi connectivity index (χ1n) is 11.3. The van der Waals surface area contributed by atoms with E-state index in [1.807, 2.05) is 17.0 Å². The van der Waals surface area contributed by atoms with Gasteiger partial charge in [0.05, 0.1) is 19.8 Å². The van der Waals surface area contributed by atoms with Crippen molar-refractivity contribution in [3.63, 3.8) is 0 Å². The van der Waals surface area contributed by atoms with Crippen LogP contribution in [0, 0.1) is 5.92 Å². The van der Waals surface area contributed by atoms with Crippen LogP contribution < -0.4 is 14.2 Å². The lowest BCUT2D eigenvalue weighted by Gasteiger charge is -2.32. The number of piperidine rings is 1. The number of rotatable bonds is 8. The number of carbonyl (C=O) groups is 1. The molecule has 3 aromatic rings. The predicted octanol–water partition coefficient (Wildman–Crippen LogP) is 4.77. The van der Waals surface area contributed by atoms with Gasteiger partial charge in [0.2, 0.25) is 0 Å². The van der Waals surface area contributed by atoms with E-state index in [0.29, 0.717) is 29.6 Å². The van der Waals surface area contributed by atoms with Gasteiger partial charge >= 0.3 is 0 Å². The van der Waals surface area contributed by atoms with Crippen molar-refractivity contribution < 1.29 is 19.0 Å². The minimum Gasteiger partial charge on any atom is -0.497 e. The standard InChI is InChI=1S/C27H30N2O4/c1-31-24-7-8-25(26(18-24)32-2)27(30)29-15-11-21(12-16-29)17-20-3-5-22(6-4-20)19-33-23-9-13-28-14-10-23/h3-10,13-14,18,21H,11-12,15-17,19H2,1-2H3. The van der Waals surface area contributed by atoms with Crippen molar-refractivity contribution in [3.05, 3.63) is 83.7 Å². The van der Waals surface area contributed by atoms with Gasteiger partial charge < -0.3 is 19.1 Å². The smallest absolute Gasteiger partial charge is 0.257 e. The molecule has 0 spiro atoms. The highest BCUT2D eigenvalue weighted by atomic mass is 16.5. The molecule has 0 atom stereocenters. The van der Waals surface area contributed by atoms with Crippen LogP contribution in [0.3, 0.4) is 0 Å². The van der Waals surface area contributed by atoms with E-state index >= 15 is 0 Å². The number of amides is 1. The van der Waals surface area contributed by atoms with E-state index in [0.717, 1.165) is 43.7 Å². The fourth-order valence-electron chi connectivity index (χ4n) is 4.19. The van der Waals surface area contributed by atoms with E-state index in [2.05, 4.69) is 29.2 Å². The largest absolute Gasteiger partial charge is 0.497 e. The Kier molecular flexibility index (Phi) is 7.45. The van der Waals surface area contributed by atoms with Crippen LogP contribution in [0.4, 0.5) is 0 Å². The third-order valence-electron chi connectivity index (χ3n) is 6.14. The Hall–Kier alpha value is -3.54. The molecule has 1 aliphatic heterocycles. The van der Waals surface area contributed by atoms with Gasteiger partial charge in [0.1, 0.15) is 23.9 Å². The molecule has 2 aromatic carbocycles. The number of likely N-dealkylation sites (tertiary alicyclic amines) is 1. The fourth-order valence-corrected chi connectivity index (χ4v) is 4.19. The minimum absolute atomic E-state index is 0.0199. The lowest BCUT2D eigenvalue weighted by molar-refractivity contribution is 0.0687. The van der Waals surface area contributed by atoms with Gasteiger partial charge in [-0.25, -0.2) is 0 Å². The lowest BCUT2D eigenvalue weighted by atomic mass is 9.89. The average molecular weight is 447 g/mol. The number of pyridine rings is 1. The predicted molar refractivity (Wildman–Crippen MR) is 127 cm³/mol. The van der Waals surface area contributed by atoms with Crippen molar-refractivity contribution in [2.45, 2.75) is 25.9 Å². The SMILES string of the molecule is COc1ccc(C(=O)N2CCC(Cc3ccc(COc4ccncc4)cc3)CC2)c(OC)c1. The highest BCUT2D eigenvalue weighted by Gasteiger charge is 2.25. The van der Waals surface area contributed by atoms with Gasteiger partial charge in [-0.05, 0) is 60.6 Å². The van der Waals surface area contributed by atoms with Gasteiger partial charge in [-0.2, -0.15) is 0 Å². The zero-order valence-electron chi connectivity index (χ0n) is 19.2. The second-order valence-corrected chi connectivity index (χ2v) is 8.29. The van der Waals surface area contributed by atoms with Crippen LogP contribution in [0.2, 0.25) is 0 Å². The van der Waals surface area contributed by atoms with Crippen molar-refractivity contribution in [1.29, 1.82) is 0 Å². The summed E-state index contributed by atoms with van der Waals surface area (Å²) in [4.78, 5) is 19.0. The Bertz CT molecular complexity index is 1050. The molecule has 1 aliphatic rings. The number of benzene rings is 2. The molecule has 172 valence electrons.